The Morgan fingerprint density at radius 1 is 0.943 bits per heavy atom. The van der Waals surface area contributed by atoms with Gasteiger partial charge in [-0.15, -0.1) is 0 Å². The predicted octanol–water partition coefficient (Wildman–Crippen LogP) is 7.81. The number of rotatable bonds is 10. The summed E-state index contributed by atoms with van der Waals surface area (Å²) in [6.45, 7) is 17.9. The molecule has 3 nitrogen and oxygen atoms in total. The normalized spacial score (nSPS) is 41.9. The van der Waals surface area contributed by atoms with E-state index in [1.807, 2.05) is 0 Å². The van der Waals surface area contributed by atoms with Crippen LogP contribution in [-0.4, -0.2) is 36.6 Å². The summed E-state index contributed by atoms with van der Waals surface area (Å²) in [5, 5.41) is 11.6. The van der Waals surface area contributed by atoms with Gasteiger partial charge in [-0.25, -0.2) is 0 Å². The zero-order valence-electron chi connectivity index (χ0n) is 24.0. The standard InChI is InChI=1S/C32H56O3/c1-21(2)9-8-10-23(5)26-11-12-27-30-28(14-16-32(26,27)7)31(6)15-13-25(19-24(31)20-29(30)33)35-18-17-34-22(3)4/h20-23,25-30,33H,8-19H2,1-7H3/t23-,25+,26-,27+,28+,29-,30+,31+,32-/m1/s1. The summed E-state index contributed by atoms with van der Waals surface area (Å²) in [4.78, 5) is 0. The molecule has 0 heterocycles. The van der Waals surface area contributed by atoms with Crippen molar-refractivity contribution >= 4 is 0 Å². The molecule has 1 N–H and O–H groups in total. The van der Waals surface area contributed by atoms with Gasteiger partial charge in [0.1, 0.15) is 0 Å². The Labute approximate surface area is 216 Å². The first kappa shape index (κ1) is 27.6. The zero-order valence-corrected chi connectivity index (χ0v) is 24.0. The van der Waals surface area contributed by atoms with Crippen LogP contribution in [0.3, 0.4) is 0 Å². The van der Waals surface area contributed by atoms with Crippen LogP contribution in [-0.2, 0) is 9.47 Å². The van der Waals surface area contributed by atoms with Crippen molar-refractivity contribution in [1.82, 2.24) is 0 Å². The molecule has 0 aromatic rings. The Balaban J connectivity index is 1.43. The monoisotopic (exact) mass is 488 g/mol. The summed E-state index contributed by atoms with van der Waals surface area (Å²) in [6, 6.07) is 0. The molecule has 0 amide bonds. The van der Waals surface area contributed by atoms with Gasteiger partial charge in [-0.1, -0.05) is 65.5 Å². The third kappa shape index (κ3) is 5.58. The van der Waals surface area contributed by atoms with E-state index in [0.717, 1.165) is 30.6 Å². The Morgan fingerprint density at radius 3 is 2.43 bits per heavy atom. The van der Waals surface area contributed by atoms with Gasteiger partial charge < -0.3 is 14.6 Å². The van der Waals surface area contributed by atoms with Crippen LogP contribution in [0.1, 0.15) is 113 Å². The lowest BCUT2D eigenvalue weighted by molar-refractivity contribution is -0.102. The molecule has 4 aliphatic carbocycles. The van der Waals surface area contributed by atoms with E-state index < -0.39 is 0 Å². The van der Waals surface area contributed by atoms with Crippen LogP contribution in [0.4, 0.5) is 0 Å². The molecule has 0 aliphatic heterocycles. The molecule has 4 aliphatic rings. The van der Waals surface area contributed by atoms with Gasteiger partial charge in [0.15, 0.2) is 0 Å². The molecule has 0 aromatic heterocycles. The maximum Gasteiger partial charge on any atom is 0.0757 e. The summed E-state index contributed by atoms with van der Waals surface area (Å²) in [5.74, 6) is 4.24. The van der Waals surface area contributed by atoms with E-state index in [1.54, 1.807) is 0 Å². The molecule has 0 radical (unpaired) electrons. The quantitative estimate of drug-likeness (QED) is 0.252. The molecule has 4 rings (SSSR count). The number of hydrogen-bond donors (Lipinski definition) is 1. The number of hydrogen-bond acceptors (Lipinski definition) is 3. The first-order valence-electron chi connectivity index (χ1n) is 15.2. The molecule has 3 fully saturated rings. The number of aliphatic hydroxyl groups is 1. The van der Waals surface area contributed by atoms with Gasteiger partial charge in [-0.05, 0) is 105 Å². The fraction of sp³-hybridized carbons (Fsp3) is 0.938. The van der Waals surface area contributed by atoms with Gasteiger partial charge in [0.25, 0.3) is 0 Å². The van der Waals surface area contributed by atoms with E-state index >= 15 is 0 Å². The fourth-order valence-corrected chi connectivity index (χ4v) is 9.28. The molecule has 0 unspecified atom stereocenters. The molecular formula is C32H56O3. The van der Waals surface area contributed by atoms with Crippen LogP contribution in [0.5, 0.6) is 0 Å². The zero-order chi connectivity index (χ0) is 25.4. The topological polar surface area (TPSA) is 38.7 Å². The summed E-state index contributed by atoms with van der Waals surface area (Å²) in [7, 11) is 0. The van der Waals surface area contributed by atoms with Crippen LogP contribution >= 0.6 is 0 Å². The van der Waals surface area contributed by atoms with Crippen LogP contribution in [0.2, 0.25) is 0 Å². The summed E-state index contributed by atoms with van der Waals surface area (Å²) >= 11 is 0. The summed E-state index contributed by atoms with van der Waals surface area (Å²) in [6.07, 6.45) is 15.4. The SMILES string of the molecule is CC(C)CCC[C@@H](C)[C@H]1CC[C@H]2[C@@H]3[C@H](O)C=C4C[C@@H](OCCOC(C)C)CC[C@]4(C)[C@H]3CC[C@]12C. The van der Waals surface area contributed by atoms with E-state index in [-0.39, 0.29) is 23.7 Å². The highest BCUT2D eigenvalue weighted by Crippen LogP contribution is 2.67. The summed E-state index contributed by atoms with van der Waals surface area (Å²) < 4.78 is 11.9. The highest BCUT2D eigenvalue weighted by Gasteiger charge is 2.61. The van der Waals surface area contributed by atoms with Crippen LogP contribution in [0.25, 0.3) is 0 Å². The first-order valence-corrected chi connectivity index (χ1v) is 15.2. The predicted molar refractivity (Wildman–Crippen MR) is 145 cm³/mol. The van der Waals surface area contributed by atoms with E-state index in [2.05, 4.69) is 54.5 Å². The van der Waals surface area contributed by atoms with Gasteiger partial charge >= 0.3 is 0 Å². The molecule has 0 spiro atoms. The molecule has 3 heteroatoms. The average Bonchev–Trinajstić information content (AvgIpc) is 3.14. The lowest BCUT2D eigenvalue weighted by Crippen LogP contribution is -2.55. The first-order chi connectivity index (χ1) is 16.6. The Bertz CT molecular complexity index is 728. The molecule has 35 heavy (non-hydrogen) atoms. The Morgan fingerprint density at radius 2 is 1.71 bits per heavy atom. The van der Waals surface area contributed by atoms with Crippen molar-refractivity contribution in [3.8, 4) is 0 Å². The smallest absolute Gasteiger partial charge is 0.0757 e. The van der Waals surface area contributed by atoms with E-state index in [4.69, 9.17) is 9.47 Å². The molecule has 0 bridgehead atoms. The van der Waals surface area contributed by atoms with Crippen LogP contribution in [0.15, 0.2) is 11.6 Å². The van der Waals surface area contributed by atoms with Crippen molar-refractivity contribution in [2.75, 3.05) is 13.2 Å². The lowest BCUT2D eigenvalue weighted by Gasteiger charge is -2.59. The van der Waals surface area contributed by atoms with Crippen molar-refractivity contribution in [3.05, 3.63) is 11.6 Å². The third-order valence-electron chi connectivity index (χ3n) is 11.2. The fourth-order valence-electron chi connectivity index (χ4n) is 9.28. The maximum atomic E-state index is 11.6. The Kier molecular flexibility index (Phi) is 8.82. The maximum absolute atomic E-state index is 11.6. The van der Waals surface area contributed by atoms with Crippen molar-refractivity contribution in [1.29, 1.82) is 0 Å². The van der Waals surface area contributed by atoms with Crippen molar-refractivity contribution in [3.63, 3.8) is 0 Å². The van der Waals surface area contributed by atoms with Gasteiger partial charge in [-0.3, -0.25) is 0 Å². The second-order valence-corrected chi connectivity index (χ2v) is 14.1. The number of aliphatic hydroxyl groups excluding tert-OH is 1. The molecule has 202 valence electrons. The largest absolute Gasteiger partial charge is 0.389 e. The molecule has 0 aromatic carbocycles. The van der Waals surface area contributed by atoms with Crippen LogP contribution < -0.4 is 0 Å². The van der Waals surface area contributed by atoms with Gasteiger partial charge in [0.05, 0.1) is 31.5 Å². The van der Waals surface area contributed by atoms with Gasteiger partial charge in [0.2, 0.25) is 0 Å². The van der Waals surface area contributed by atoms with E-state index in [1.165, 1.54) is 56.9 Å². The second kappa shape index (κ2) is 11.2. The van der Waals surface area contributed by atoms with Crippen molar-refractivity contribution in [2.24, 2.45) is 46.3 Å². The third-order valence-corrected chi connectivity index (χ3v) is 11.2. The highest BCUT2D eigenvalue weighted by molar-refractivity contribution is 5.28. The lowest BCUT2D eigenvalue weighted by atomic mass is 9.46. The number of ether oxygens (including phenoxy) is 2. The minimum Gasteiger partial charge on any atom is -0.389 e. The Hall–Kier alpha value is -0.380. The van der Waals surface area contributed by atoms with E-state index in [9.17, 15) is 5.11 Å². The minimum absolute atomic E-state index is 0.250. The summed E-state index contributed by atoms with van der Waals surface area (Å²) in [5.41, 5.74) is 2.16. The van der Waals surface area contributed by atoms with Crippen molar-refractivity contribution in [2.45, 2.75) is 131 Å². The molecule has 3 saturated carbocycles. The highest BCUT2D eigenvalue weighted by atomic mass is 16.5. The average molecular weight is 489 g/mol. The molecular weight excluding hydrogens is 432 g/mol. The second-order valence-electron chi connectivity index (χ2n) is 14.1. The molecule has 9 atom stereocenters. The van der Waals surface area contributed by atoms with E-state index in [0.29, 0.717) is 36.4 Å². The van der Waals surface area contributed by atoms with Crippen LogP contribution in [0, 0.1) is 46.3 Å². The van der Waals surface area contributed by atoms with Gasteiger partial charge in [0, 0.05) is 0 Å². The molecule has 0 saturated heterocycles. The van der Waals surface area contributed by atoms with Crippen molar-refractivity contribution < 1.29 is 14.6 Å². The minimum atomic E-state index is -0.272. The van der Waals surface area contributed by atoms with Gasteiger partial charge in [-0.2, -0.15) is 0 Å². The number of fused-ring (bicyclic) bond motifs is 5.